The van der Waals surface area contributed by atoms with Crippen LogP contribution in [0.1, 0.15) is 12.7 Å². The Morgan fingerprint density at radius 2 is 0.977 bits per heavy atom. The Labute approximate surface area is 251 Å². The molecule has 0 aliphatic carbocycles. The van der Waals surface area contributed by atoms with Crippen LogP contribution >= 0.6 is 0 Å². The fraction of sp³-hybridized carbons (Fsp3) is 0.0488. The predicted octanol–water partition coefficient (Wildman–Crippen LogP) is 10.9. The number of benzene rings is 7. The van der Waals surface area contributed by atoms with Crippen LogP contribution in [0.15, 0.2) is 152 Å². The van der Waals surface area contributed by atoms with Crippen molar-refractivity contribution >= 4 is 32.6 Å². The van der Waals surface area contributed by atoms with E-state index in [1.807, 2.05) is 0 Å². The average Bonchev–Trinajstić information content (AvgIpc) is 3.46. The fourth-order valence-corrected chi connectivity index (χ4v) is 6.64. The van der Waals surface area contributed by atoms with E-state index in [1.54, 1.807) is 0 Å². The smallest absolute Gasteiger partial charge is 0.114 e. The Hall–Kier alpha value is -5.47. The van der Waals surface area contributed by atoms with E-state index in [4.69, 9.17) is 4.98 Å². The molecular formula is C41H30N2. The van der Waals surface area contributed by atoms with Crippen LogP contribution in [0.3, 0.4) is 0 Å². The van der Waals surface area contributed by atoms with E-state index in [9.17, 15) is 0 Å². The van der Waals surface area contributed by atoms with Crippen LogP contribution in [0.25, 0.3) is 71.6 Å². The summed E-state index contributed by atoms with van der Waals surface area (Å²) in [5.74, 6) is 1.07. The van der Waals surface area contributed by atoms with Gasteiger partial charge in [0.25, 0.3) is 0 Å². The summed E-state index contributed by atoms with van der Waals surface area (Å²) < 4.78 is 2.31. The molecule has 0 spiro atoms. The van der Waals surface area contributed by atoms with Crippen molar-refractivity contribution in [3.8, 4) is 39.1 Å². The highest BCUT2D eigenvalue weighted by molar-refractivity contribution is 6.21. The van der Waals surface area contributed by atoms with E-state index < -0.39 is 0 Å². The maximum Gasteiger partial charge on any atom is 0.114 e. The first kappa shape index (κ1) is 25.3. The van der Waals surface area contributed by atoms with Crippen LogP contribution in [-0.2, 0) is 6.42 Å². The van der Waals surface area contributed by atoms with Crippen molar-refractivity contribution in [1.82, 2.24) is 9.55 Å². The summed E-state index contributed by atoms with van der Waals surface area (Å²) in [5, 5.41) is 5.03. The summed E-state index contributed by atoms with van der Waals surface area (Å²) in [5.41, 5.74) is 10.7. The highest BCUT2D eigenvalue weighted by Crippen LogP contribution is 2.44. The van der Waals surface area contributed by atoms with Gasteiger partial charge in [0.15, 0.2) is 0 Å². The molecule has 2 heteroatoms. The van der Waals surface area contributed by atoms with Gasteiger partial charge in [0.05, 0.1) is 11.0 Å². The molecule has 0 saturated carbocycles. The number of rotatable bonds is 5. The monoisotopic (exact) mass is 550 g/mol. The molecule has 0 N–H and O–H groups in total. The highest BCUT2D eigenvalue weighted by atomic mass is 15.1. The molecule has 1 heterocycles. The van der Waals surface area contributed by atoms with Gasteiger partial charge < -0.3 is 0 Å². The SMILES string of the molecule is CCc1nc2ccccc2n1-c1cccc(-c2c3ccccc3c(-c3cccc(-c4ccccc4)c3)c3ccccc23)c1. The number of para-hydroxylation sites is 2. The third kappa shape index (κ3) is 4.23. The molecule has 1 aromatic heterocycles. The van der Waals surface area contributed by atoms with Gasteiger partial charge in [0.1, 0.15) is 5.82 Å². The first-order valence-electron chi connectivity index (χ1n) is 15.0. The Kier molecular flexibility index (Phi) is 6.12. The van der Waals surface area contributed by atoms with Crippen molar-refractivity contribution in [2.24, 2.45) is 0 Å². The Morgan fingerprint density at radius 3 is 1.63 bits per heavy atom. The maximum absolute atomic E-state index is 4.95. The lowest BCUT2D eigenvalue weighted by Crippen LogP contribution is -2.00. The minimum absolute atomic E-state index is 0.863. The van der Waals surface area contributed by atoms with E-state index in [0.717, 1.165) is 29.0 Å². The van der Waals surface area contributed by atoms with Gasteiger partial charge in [-0.05, 0) is 85.3 Å². The molecule has 0 amide bonds. The number of hydrogen-bond acceptors (Lipinski definition) is 1. The Balaban J connectivity index is 1.39. The minimum atomic E-state index is 0.863. The van der Waals surface area contributed by atoms with E-state index in [0.29, 0.717) is 0 Å². The zero-order chi connectivity index (χ0) is 28.8. The van der Waals surface area contributed by atoms with Crippen molar-refractivity contribution < 1.29 is 0 Å². The summed E-state index contributed by atoms with van der Waals surface area (Å²) in [4.78, 5) is 4.95. The first-order chi connectivity index (χ1) is 21.3. The lowest BCUT2D eigenvalue weighted by molar-refractivity contribution is 0.908. The molecule has 0 aliphatic rings. The van der Waals surface area contributed by atoms with E-state index >= 15 is 0 Å². The molecule has 8 rings (SSSR count). The summed E-state index contributed by atoms with van der Waals surface area (Å²) in [7, 11) is 0. The topological polar surface area (TPSA) is 17.8 Å². The van der Waals surface area contributed by atoms with E-state index in [-0.39, 0.29) is 0 Å². The molecule has 0 aliphatic heterocycles. The molecule has 0 fully saturated rings. The van der Waals surface area contributed by atoms with Crippen molar-refractivity contribution in [3.05, 3.63) is 157 Å². The second kappa shape index (κ2) is 10.4. The van der Waals surface area contributed by atoms with Gasteiger partial charge in [-0.3, -0.25) is 4.57 Å². The molecule has 8 aromatic rings. The number of hydrogen-bond donors (Lipinski definition) is 0. The van der Waals surface area contributed by atoms with Gasteiger partial charge in [-0.2, -0.15) is 0 Å². The number of imidazole rings is 1. The molecule has 7 aromatic carbocycles. The molecular weight excluding hydrogens is 520 g/mol. The molecule has 0 bridgehead atoms. The van der Waals surface area contributed by atoms with Crippen molar-refractivity contribution in [2.45, 2.75) is 13.3 Å². The molecule has 0 unspecified atom stereocenters. The molecule has 0 saturated heterocycles. The van der Waals surface area contributed by atoms with Gasteiger partial charge >= 0.3 is 0 Å². The fourth-order valence-electron chi connectivity index (χ4n) is 6.64. The minimum Gasteiger partial charge on any atom is -0.296 e. The summed E-state index contributed by atoms with van der Waals surface area (Å²) in [6, 6.07) is 54.7. The largest absolute Gasteiger partial charge is 0.296 e. The summed E-state index contributed by atoms with van der Waals surface area (Å²) in [6.45, 7) is 2.17. The Bertz CT molecular complexity index is 2220. The van der Waals surface area contributed by atoms with Crippen LogP contribution < -0.4 is 0 Å². The van der Waals surface area contributed by atoms with Gasteiger partial charge in [-0.1, -0.05) is 128 Å². The van der Waals surface area contributed by atoms with Gasteiger partial charge in [-0.25, -0.2) is 4.98 Å². The maximum atomic E-state index is 4.95. The van der Waals surface area contributed by atoms with Gasteiger partial charge in [0, 0.05) is 12.1 Å². The number of fused-ring (bicyclic) bond motifs is 3. The Morgan fingerprint density at radius 1 is 0.465 bits per heavy atom. The second-order valence-corrected chi connectivity index (χ2v) is 11.0. The quantitative estimate of drug-likeness (QED) is 0.195. The first-order valence-corrected chi connectivity index (χ1v) is 15.0. The molecule has 0 radical (unpaired) electrons. The lowest BCUT2D eigenvalue weighted by Gasteiger charge is -2.19. The normalized spacial score (nSPS) is 11.5. The van der Waals surface area contributed by atoms with Crippen molar-refractivity contribution in [3.63, 3.8) is 0 Å². The number of aromatic nitrogens is 2. The molecule has 0 atom stereocenters. The van der Waals surface area contributed by atoms with Crippen LogP contribution in [0, 0.1) is 0 Å². The van der Waals surface area contributed by atoms with Crippen LogP contribution in [0.4, 0.5) is 0 Å². The van der Waals surface area contributed by atoms with Crippen LogP contribution in [-0.4, -0.2) is 9.55 Å². The van der Waals surface area contributed by atoms with Crippen LogP contribution in [0.5, 0.6) is 0 Å². The van der Waals surface area contributed by atoms with Crippen molar-refractivity contribution in [2.75, 3.05) is 0 Å². The standard InChI is InChI=1S/C41H30N2/c1-2-39-42-37-24-10-11-25-38(37)43(39)32-19-13-18-31(27-32)41-35-22-8-6-20-33(35)40(34-21-7-9-23-36(34)41)30-17-12-16-29(26-30)28-14-4-3-5-15-28/h3-27H,2H2,1H3. The van der Waals surface area contributed by atoms with E-state index in [1.165, 1.54) is 54.9 Å². The second-order valence-electron chi connectivity index (χ2n) is 11.0. The summed E-state index contributed by atoms with van der Waals surface area (Å²) in [6.07, 6.45) is 0.863. The molecule has 2 nitrogen and oxygen atoms in total. The van der Waals surface area contributed by atoms with Crippen molar-refractivity contribution in [1.29, 1.82) is 0 Å². The zero-order valence-electron chi connectivity index (χ0n) is 24.0. The lowest BCUT2D eigenvalue weighted by atomic mass is 9.85. The zero-order valence-corrected chi connectivity index (χ0v) is 24.0. The predicted molar refractivity (Wildman–Crippen MR) is 182 cm³/mol. The third-order valence-corrected chi connectivity index (χ3v) is 8.53. The van der Waals surface area contributed by atoms with E-state index in [2.05, 4.69) is 163 Å². The number of aryl methyl sites for hydroxylation is 1. The van der Waals surface area contributed by atoms with Crippen LogP contribution in [0.2, 0.25) is 0 Å². The summed E-state index contributed by atoms with van der Waals surface area (Å²) >= 11 is 0. The van der Waals surface area contributed by atoms with Gasteiger partial charge in [-0.15, -0.1) is 0 Å². The van der Waals surface area contributed by atoms with Gasteiger partial charge in [0.2, 0.25) is 0 Å². The molecule has 43 heavy (non-hydrogen) atoms. The average molecular weight is 551 g/mol. The third-order valence-electron chi connectivity index (χ3n) is 8.53. The molecule has 204 valence electrons. The highest BCUT2D eigenvalue weighted by Gasteiger charge is 2.18. The number of nitrogens with zero attached hydrogens (tertiary/aromatic N) is 2.